The Morgan fingerprint density at radius 1 is 1.35 bits per heavy atom. The van der Waals surface area contributed by atoms with E-state index in [-0.39, 0.29) is 0 Å². The summed E-state index contributed by atoms with van der Waals surface area (Å²) >= 11 is 0. The van der Waals surface area contributed by atoms with Crippen molar-refractivity contribution < 1.29 is 4.42 Å². The lowest BCUT2D eigenvalue weighted by Gasteiger charge is -2.36. The van der Waals surface area contributed by atoms with Gasteiger partial charge in [0.2, 0.25) is 0 Å². The van der Waals surface area contributed by atoms with Crippen LogP contribution in [0.25, 0.3) is 11.1 Å². The summed E-state index contributed by atoms with van der Waals surface area (Å²) in [5.74, 6) is 0. The van der Waals surface area contributed by atoms with E-state index in [0.717, 1.165) is 23.7 Å². The van der Waals surface area contributed by atoms with Gasteiger partial charge in [0.05, 0.1) is 0 Å². The third-order valence-corrected chi connectivity index (χ3v) is 3.41. The molecule has 0 amide bonds. The molecule has 1 heterocycles. The van der Waals surface area contributed by atoms with Gasteiger partial charge in [-0.3, -0.25) is 0 Å². The molecule has 1 aromatic carbocycles. The minimum Gasteiger partial charge on any atom is -0.423 e. The maximum Gasteiger partial charge on any atom is 0.298 e. The molecule has 0 bridgehead atoms. The van der Waals surface area contributed by atoms with Crippen molar-refractivity contribution >= 4 is 17.1 Å². The minimum atomic E-state index is 0.562. The predicted octanol–water partition coefficient (Wildman–Crippen LogP) is 2.15. The Bertz CT molecular complexity index is 471. The fourth-order valence-electron chi connectivity index (χ4n) is 2.25. The standard InChI is InChI=1S/C13H17N3O/c14-8-9-16(10-4-3-5-10)13-15-11-6-1-2-7-12(11)17-13/h1-2,6-7,10H,3-5,8-9,14H2. The molecule has 0 unspecified atom stereocenters. The van der Waals surface area contributed by atoms with E-state index in [2.05, 4.69) is 9.88 Å². The van der Waals surface area contributed by atoms with Crippen LogP contribution in [0.2, 0.25) is 0 Å². The Kier molecular flexibility index (Phi) is 2.73. The zero-order valence-corrected chi connectivity index (χ0v) is 9.80. The van der Waals surface area contributed by atoms with Crippen molar-refractivity contribution in [1.82, 2.24) is 4.98 Å². The van der Waals surface area contributed by atoms with E-state index >= 15 is 0 Å². The van der Waals surface area contributed by atoms with Crippen molar-refractivity contribution in [3.63, 3.8) is 0 Å². The molecule has 90 valence electrons. The van der Waals surface area contributed by atoms with Gasteiger partial charge < -0.3 is 15.1 Å². The van der Waals surface area contributed by atoms with Crippen LogP contribution < -0.4 is 10.6 Å². The van der Waals surface area contributed by atoms with Crippen LogP contribution in [-0.4, -0.2) is 24.1 Å². The summed E-state index contributed by atoms with van der Waals surface area (Å²) < 4.78 is 5.80. The first-order valence-corrected chi connectivity index (χ1v) is 6.21. The summed E-state index contributed by atoms with van der Waals surface area (Å²) in [5, 5.41) is 0. The van der Waals surface area contributed by atoms with Crippen molar-refractivity contribution in [1.29, 1.82) is 0 Å². The van der Waals surface area contributed by atoms with Crippen molar-refractivity contribution in [3.8, 4) is 0 Å². The number of para-hydroxylation sites is 2. The van der Waals surface area contributed by atoms with Crippen LogP contribution in [0, 0.1) is 0 Å². The Balaban J connectivity index is 1.93. The number of oxazole rings is 1. The molecule has 17 heavy (non-hydrogen) atoms. The third-order valence-electron chi connectivity index (χ3n) is 3.41. The van der Waals surface area contributed by atoms with Crippen LogP contribution in [0.4, 0.5) is 6.01 Å². The van der Waals surface area contributed by atoms with Gasteiger partial charge in [0.25, 0.3) is 6.01 Å². The normalized spacial score (nSPS) is 16.1. The highest BCUT2D eigenvalue weighted by molar-refractivity contribution is 5.74. The second-order valence-electron chi connectivity index (χ2n) is 4.53. The van der Waals surface area contributed by atoms with Gasteiger partial charge in [-0.25, -0.2) is 0 Å². The van der Waals surface area contributed by atoms with Gasteiger partial charge in [0.1, 0.15) is 5.52 Å². The van der Waals surface area contributed by atoms with E-state index in [1.807, 2.05) is 24.3 Å². The van der Waals surface area contributed by atoms with Gasteiger partial charge >= 0.3 is 0 Å². The van der Waals surface area contributed by atoms with Crippen LogP contribution in [0.1, 0.15) is 19.3 Å². The van der Waals surface area contributed by atoms with Crippen LogP contribution in [0.3, 0.4) is 0 Å². The SMILES string of the molecule is NCCN(c1nc2ccccc2o1)C1CCC1. The molecule has 2 N–H and O–H groups in total. The number of hydrogen-bond donors (Lipinski definition) is 1. The van der Waals surface area contributed by atoms with Crippen LogP contribution >= 0.6 is 0 Å². The van der Waals surface area contributed by atoms with Crippen LogP contribution in [0.5, 0.6) is 0 Å². The van der Waals surface area contributed by atoms with Crippen molar-refractivity contribution in [2.45, 2.75) is 25.3 Å². The highest BCUT2D eigenvalue weighted by atomic mass is 16.4. The van der Waals surface area contributed by atoms with E-state index in [1.165, 1.54) is 19.3 Å². The topological polar surface area (TPSA) is 55.3 Å². The summed E-state index contributed by atoms with van der Waals surface area (Å²) in [7, 11) is 0. The lowest BCUT2D eigenvalue weighted by atomic mass is 9.92. The number of benzene rings is 1. The van der Waals surface area contributed by atoms with Crippen molar-refractivity contribution in [2.75, 3.05) is 18.0 Å². The van der Waals surface area contributed by atoms with E-state index in [1.54, 1.807) is 0 Å². The second-order valence-corrected chi connectivity index (χ2v) is 4.53. The van der Waals surface area contributed by atoms with E-state index in [4.69, 9.17) is 10.2 Å². The molecule has 2 aromatic rings. The molecule has 0 radical (unpaired) electrons. The van der Waals surface area contributed by atoms with Gasteiger partial charge in [-0.05, 0) is 31.4 Å². The third kappa shape index (κ3) is 1.89. The molecule has 1 fully saturated rings. The number of rotatable bonds is 4. The Labute approximate surface area is 100 Å². The molecule has 3 rings (SSSR count). The highest BCUT2D eigenvalue weighted by Gasteiger charge is 2.27. The highest BCUT2D eigenvalue weighted by Crippen LogP contribution is 2.30. The number of nitrogens with zero attached hydrogens (tertiary/aromatic N) is 2. The number of anilines is 1. The lowest BCUT2D eigenvalue weighted by Crippen LogP contribution is -2.43. The summed E-state index contributed by atoms with van der Waals surface area (Å²) in [6.45, 7) is 1.45. The summed E-state index contributed by atoms with van der Waals surface area (Å²) in [6.07, 6.45) is 3.74. The molecule has 4 heteroatoms. The molecule has 0 saturated heterocycles. The second kappa shape index (κ2) is 4.37. The maximum atomic E-state index is 5.80. The number of hydrogen-bond acceptors (Lipinski definition) is 4. The average Bonchev–Trinajstić information content (AvgIpc) is 2.69. The first kappa shape index (κ1) is 10.6. The number of nitrogens with two attached hydrogens (primary N) is 1. The molecular formula is C13H17N3O. The molecule has 0 spiro atoms. The first-order chi connectivity index (χ1) is 8.38. The average molecular weight is 231 g/mol. The van der Waals surface area contributed by atoms with Gasteiger partial charge in [-0.15, -0.1) is 0 Å². The molecule has 1 aliphatic rings. The number of fused-ring (bicyclic) bond motifs is 1. The molecule has 0 aliphatic heterocycles. The molecule has 1 aliphatic carbocycles. The Morgan fingerprint density at radius 3 is 2.82 bits per heavy atom. The minimum absolute atomic E-state index is 0.562. The zero-order chi connectivity index (χ0) is 11.7. The molecule has 0 atom stereocenters. The fourth-order valence-corrected chi connectivity index (χ4v) is 2.25. The summed E-state index contributed by atoms with van der Waals surface area (Å²) in [6, 6.07) is 9.16. The Morgan fingerprint density at radius 2 is 2.18 bits per heavy atom. The van der Waals surface area contributed by atoms with Gasteiger partial charge in [0, 0.05) is 19.1 Å². The maximum absolute atomic E-state index is 5.80. The van der Waals surface area contributed by atoms with Gasteiger partial charge in [-0.1, -0.05) is 12.1 Å². The summed E-state index contributed by atoms with van der Waals surface area (Å²) in [4.78, 5) is 6.75. The number of aromatic nitrogens is 1. The zero-order valence-electron chi connectivity index (χ0n) is 9.80. The van der Waals surface area contributed by atoms with E-state index < -0.39 is 0 Å². The smallest absolute Gasteiger partial charge is 0.298 e. The molecule has 1 aromatic heterocycles. The Hall–Kier alpha value is -1.55. The van der Waals surface area contributed by atoms with E-state index in [9.17, 15) is 0 Å². The molecule has 1 saturated carbocycles. The van der Waals surface area contributed by atoms with Crippen molar-refractivity contribution in [3.05, 3.63) is 24.3 Å². The summed E-state index contributed by atoms with van der Waals surface area (Å²) in [5.41, 5.74) is 7.44. The molecule has 4 nitrogen and oxygen atoms in total. The van der Waals surface area contributed by atoms with Crippen molar-refractivity contribution in [2.24, 2.45) is 5.73 Å². The predicted molar refractivity (Wildman–Crippen MR) is 68.0 cm³/mol. The monoisotopic (exact) mass is 231 g/mol. The first-order valence-electron chi connectivity index (χ1n) is 6.21. The van der Waals surface area contributed by atoms with Crippen LogP contribution in [-0.2, 0) is 0 Å². The quantitative estimate of drug-likeness (QED) is 0.876. The van der Waals surface area contributed by atoms with Gasteiger partial charge in [-0.2, -0.15) is 4.98 Å². The fraction of sp³-hybridized carbons (Fsp3) is 0.462. The largest absolute Gasteiger partial charge is 0.423 e. The van der Waals surface area contributed by atoms with Gasteiger partial charge in [0.15, 0.2) is 5.58 Å². The lowest BCUT2D eigenvalue weighted by molar-refractivity contribution is 0.368. The van der Waals surface area contributed by atoms with Crippen LogP contribution in [0.15, 0.2) is 28.7 Å². The molecular weight excluding hydrogens is 214 g/mol. The van der Waals surface area contributed by atoms with E-state index in [0.29, 0.717) is 12.6 Å².